The molecule has 7 atom stereocenters. The van der Waals surface area contributed by atoms with Crippen LogP contribution in [0.5, 0.6) is 0 Å². The lowest BCUT2D eigenvalue weighted by Gasteiger charge is -2.40. The maximum atomic E-state index is 14.8. The number of aliphatic hydroxyl groups is 1. The van der Waals surface area contributed by atoms with Crippen LogP contribution in [0, 0.1) is 17.8 Å². The number of fused-ring (bicyclic) bond motifs is 2. The Morgan fingerprint density at radius 2 is 1.95 bits per heavy atom. The van der Waals surface area contributed by atoms with Gasteiger partial charge in [0.25, 0.3) is 0 Å². The highest BCUT2D eigenvalue weighted by molar-refractivity contribution is 9.09. The molecule has 42 heavy (non-hydrogen) atoms. The number of aliphatic hydroxyl groups excluding tert-OH is 1. The van der Waals surface area contributed by atoms with Crippen LogP contribution >= 0.6 is 27.7 Å². The van der Waals surface area contributed by atoms with Crippen molar-refractivity contribution in [3.05, 3.63) is 49.6 Å². The average Bonchev–Trinajstić information content (AvgIpc) is 3.68. The van der Waals surface area contributed by atoms with Crippen molar-refractivity contribution in [2.75, 3.05) is 26.7 Å². The summed E-state index contributed by atoms with van der Waals surface area (Å²) in [6, 6.07) is 6.12. The van der Waals surface area contributed by atoms with Crippen molar-refractivity contribution in [1.82, 2.24) is 29.7 Å². The lowest BCUT2D eigenvalue weighted by Crippen LogP contribution is -2.58. The summed E-state index contributed by atoms with van der Waals surface area (Å²) in [4.78, 5) is 48.0. The molecule has 3 unspecified atom stereocenters. The zero-order valence-corrected chi connectivity index (χ0v) is 26.7. The van der Waals surface area contributed by atoms with Crippen molar-refractivity contribution in [3.8, 4) is 0 Å². The molecule has 1 N–H and O–H groups in total. The number of likely N-dealkylation sites (tertiary alicyclic amines) is 1. The maximum absolute atomic E-state index is 14.8. The van der Waals surface area contributed by atoms with Gasteiger partial charge in [-0.3, -0.25) is 14.4 Å². The second kappa shape index (κ2) is 12.1. The Kier molecular flexibility index (Phi) is 8.87. The van der Waals surface area contributed by atoms with Gasteiger partial charge in [0.05, 0.1) is 34.7 Å². The Hall–Kier alpha value is -2.70. The normalized spacial score (nSPS) is 28.8. The van der Waals surface area contributed by atoms with Gasteiger partial charge in [-0.05, 0) is 30.9 Å². The van der Waals surface area contributed by atoms with Gasteiger partial charge in [-0.15, -0.1) is 30.0 Å². The molecule has 3 aliphatic rings. The molecular weight excluding hydrogens is 620 g/mol. The number of hydrogen-bond acceptors (Lipinski definition) is 7. The third-order valence-electron chi connectivity index (χ3n) is 8.76. The molecule has 0 saturated carbocycles. The molecule has 1 aromatic carbocycles. The highest BCUT2D eigenvalue weighted by Gasteiger charge is 2.76. The molecule has 5 rings (SSSR count). The smallest absolute Gasteiger partial charge is 0.248 e. The fourth-order valence-electron chi connectivity index (χ4n) is 7.11. The number of aromatic nitrogens is 3. The van der Waals surface area contributed by atoms with Gasteiger partial charge in [-0.1, -0.05) is 59.3 Å². The van der Waals surface area contributed by atoms with E-state index in [9.17, 15) is 19.5 Å². The second-order valence-electron chi connectivity index (χ2n) is 12.0. The number of amides is 3. The van der Waals surface area contributed by atoms with Crippen LogP contribution < -0.4 is 0 Å². The van der Waals surface area contributed by atoms with E-state index in [0.717, 1.165) is 5.52 Å². The number of alkyl halides is 1. The predicted octanol–water partition coefficient (Wildman–Crippen LogP) is 2.92. The third kappa shape index (κ3) is 4.98. The molecule has 0 aliphatic carbocycles. The first-order valence-electron chi connectivity index (χ1n) is 14.4. The summed E-state index contributed by atoms with van der Waals surface area (Å²) in [5.41, 5.74) is 1.50. The number of hydrogen-bond donors (Lipinski definition) is 1. The van der Waals surface area contributed by atoms with E-state index in [1.54, 1.807) is 50.3 Å². The third-order valence-corrected chi connectivity index (χ3v) is 12.0. The fourth-order valence-corrected chi connectivity index (χ4v) is 10.7. The monoisotopic (exact) mass is 658 g/mol. The summed E-state index contributed by atoms with van der Waals surface area (Å²) >= 11 is 5.42. The summed E-state index contributed by atoms with van der Waals surface area (Å²) in [6.07, 6.45) is 4.42. The van der Waals surface area contributed by atoms with Crippen molar-refractivity contribution in [1.29, 1.82) is 0 Å². The Balaban J connectivity index is 1.59. The Morgan fingerprint density at radius 3 is 2.62 bits per heavy atom. The molecule has 226 valence electrons. The first-order chi connectivity index (χ1) is 20.1. The largest absolute Gasteiger partial charge is 0.394 e. The van der Waals surface area contributed by atoms with E-state index in [2.05, 4.69) is 39.4 Å². The molecule has 3 aliphatic heterocycles. The SMILES string of the molecule is C=CCN(C)C(=O)[C@H]1[C@H]2C(=O)N([C@@H](CO)CC(C)C)C(C(=O)N(CC=C)Cn3nnc4ccccc43)C23CC(Br)[C@@H]1S3. The number of thioether (sulfide) groups is 1. The van der Waals surface area contributed by atoms with E-state index in [1.807, 2.05) is 38.1 Å². The van der Waals surface area contributed by atoms with Gasteiger partial charge < -0.3 is 19.8 Å². The van der Waals surface area contributed by atoms with Gasteiger partial charge in [0.1, 0.15) is 18.2 Å². The van der Waals surface area contributed by atoms with E-state index in [-0.39, 0.29) is 53.5 Å². The summed E-state index contributed by atoms with van der Waals surface area (Å²) in [5, 5.41) is 19.0. The molecule has 0 radical (unpaired) electrons. The molecular formula is C30H39BrN6O4S. The molecule has 3 saturated heterocycles. The summed E-state index contributed by atoms with van der Waals surface area (Å²) < 4.78 is 0.852. The maximum Gasteiger partial charge on any atom is 0.248 e. The van der Waals surface area contributed by atoms with E-state index in [0.29, 0.717) is 24.9 Å². The number of rotatable bonds is 12. The average molecular weight is 660 g/mol. The van der Waals surface area contributed by atoms with E-state index in [1.165, 1.54) is 0 Å². The van der Waals surface area contributed by atoms with Gasteiger partial charge in [0.2, 0.25) is 17.7 Å². The van der Waals surface area contributed by atoms with Gasteiger partial charge in [-0.2, -0.15) is 0 Å². The first-order valence-corrected chi connectivity index (χ1v) is 16.2. The molecule has 3 fully saturated rings. The quantitative estimate of drug-likeness (QED) is 0.276. The van der Waals surface area contributed by atoms with Crippen LogP contribution in [0.15, 0.2) is 49.6 Å². The van der Waals surface area contributed by atoms with Gasteiger partial charge in [-0.25, -0.2) is 4.68 Å². The van der Waals surface area contributed by atoms with Gasteiger partial charge in [0, 0.05) is 30.2 Å². The minimum absolute atomic E-state index is 0.0438. The number of carbonyl (C=O) groups is 3. The summed E-state index contributed by atoms with van der Waals surface area (Å²) in [7, 11) is 1.72. The molecule has 3 amide bonds. The van der Waals surface area contributed by atoms with Crippen molar-refractivity contribution in [2.45, 2.75) is 60.3 Å². The Labute approximate surface area is 259 Å². The van der Waals surface area contributed by atoms with Crippen LogP contribution in [-0.4, -0.2) is 106 Å². The Bertz CT molecular complexity index is 1380. The number of halogens is 1. The summed E-state index contributed by atoms with van der Waals surface area (Å²) in [6.45, 7) is 12.2. The van der Waals surface area contributed by atoms with Crippen molar-refractivity contribution in [2.24, 2.45) is 17.8 Å². The van der Waals surface area contributed by atoms with Crippen LogP contribution in [0.3, 0.4) is 0 Å². The number of nitrogens with zero attached hydrogens (tertiary/aromatic N) is 6. The minimum Gasteiger partial charge on any atom is -0.394 e. The van der Waals surface area contributed by atoms with Crippen LogP contribution in [0.2, 0.25) is 0 Å². The fraction of sp³-hybridized carbons (Fsp3) is 0.567. The zero-order chi connectivity index (χ0) is 30.3. The molecule has 4 heterocycles. The number of para-hydroxylation sites is 1. The first kappa shape index (κ1) is 30.7. The van der Waals surface area contributed by atoms with Crippen LogP contribution in [0.4, 0.5) is 0 Å². The number of benzene rings is 1. The van der Waals surface area contributed by atoms with Crippen LogP contribution in [-0.2, 0) is 21.1 Å². The van der Waals surface area contributed by atoms with Crippen molar-refractivity contribution >= 4 is 56.4 Å². The molecule has 2 aromatic rings. The standard InChI is InChI=1S/C30H39BrN6O4S/c1-6-12-34(5)27(39)23-24-28(40)37(19(16-38)14-18(3)4)26(30(24)15-20(31)25(23)42-30)29(41)35(13-7-2)17-36-22-11-9-8-10-21(22)32-33-36/h6-11,18-20,23-26,38H,1-2,12-17H2,3-5H3/t19-,20?,23+,24+,25+,26?,30?/m1/s1. The zero-order valence-electron chi connectivity index (χ0n) is 24.3. The molecule has 2 bridgehead atoms. The van der Waals surface area contributed by atoms with Crippen molar-refractivity contribution < 1.29 is 19.5 Å². The minimum atomic E-state index is -0.863. The van der Waals surface area contributed by atoms with E-state index >= 15 is 0 Å². The van der Waals surface area contributed by atoms with Gasteiger partial charge in [0.15, 0.2) is 0 Å². The number of likely N-dealkylation sites (N-methyl/N-ethyl adjacent to an activating group) is 1. The van der Waals surface area contributed by atoms with Gasteiger partial charge >= 0.3 is 0 Å². The Morgan fingerprint density at radius 1 is 1.24 bits per heavy atom. The van der Waals surface area contributed by atoms with Crippen LogP contribution in [0.1, 0.15) is 26.7 Å². The second-order valence-corrected chi connectivity index (χ2v) is 14.7. The summed E-state index contributed by atoms with van der Waals surface area (Å²) in [5.74, 6) is -1.67. The molecule has 12 heteroatoms. The molecule has 1 spiro atoms. The lowest BCUT2D eigenvalue weighted by molar-refractivity contribution is -0.147. The highest BCUT2D eigenvalue weighted by Crippen LogP contribution is 2.68. The highest BCUT2D eigenvalue weighted by atomic mass is 79.9. The van der Waals surface area contributed by atoms with Crippen molar-refractivity contribution in [3.63, 3.8) is 0 Å². The topological polar surface area (TPSA) is 112 Å². The molecule has 10 nitrogen and oxygen atoms in total. The van der Waals surface area contributed by atoms with Crippen LogP contribution in [0.25, 0.3) is 11.0 Å². The van der Waals surface area contributed by atoms with E-state index in [4.69, 9.17) is 0 Å². The molecule has 1 aromatic heterocycles. The van der Waals surface area contributed by atoms with E-state index < -0.39 is 28.7 Å². The lowest BCUT2D eigenvalue weighted by atomic mass is 9.70. The number of carbonyl (C=O) groups excluding carboxylic acids is 3. The predicted molar refractivity (Wildman–Crippen MR) is 167 cm³/mol.